The fraction of sp³-hybridized carbons (Fsp3) is 0.267. The Bertz CT molecular complexity index is 812. The molecule has 1 aromatic heterocycles. The van der Waals surface area contributed by atoms with Crippen LogP contribution in [0, 0.1) is 12.7 Å². The molecule has 1 heterocycles. The van der Waals surface area contributed by atoms with E-state index < -0.39 is 21.7 Å². The van der Waals surface area contributed by atoms with Crippen molar-refractivity contribution in [2.75, 3.05) is 6.26 Å². The Morgan fingerprint density at radius 2 is 2.00 bits per heavy atom. The summed E-state index contributed by atoms with van der Waals surface area (Å²) in [6.07, 6.45) is 0.954. The van der Waals surface area contributed by atoms with Crippen LogP contribution in [0.2, 0.25) is 0 Å². The molecule has 0 spiro atoms. The molecule has 0 saturated carbocycles. The summed E-state index contributed by atoms with van der Waals surface area (Å²) in [5, 5.41) is 4.61. The van der Waals surface area contributed by atoms with Crippen LogP contribution in [0.5, 0.6) is 0 Å². The van der Waals surface area contributed by atoms with Crippen LogP contribution in [0.3, 0.4) is 0 Å². The molecular formula is C15H16FNO3S2. The zero-order valence-corrected chi connectivity index (χ0v) is 14.0. The number of rotatable bonds is 4. The van der Waals surface area contributed by atoms with E-state index in [9.17, 15) is 17.6 Å². The first-order valence-electron chi connectivity index (χ1n) is 6.54. The summed E-state index contributed by atoms with van der Waals surface area (Å²) in [4.78, 5) is 12.4. The number of halogens is 1. The number of carbonyl (C=O) groups is 1. The monoisotopic (exact) mass is 341 g/mol. The number of amides is 1. The van der Waals surface area contributed by atoms with Gasteiger partial charge >= 0.3 is 0 Å². The summed E-state index contributed by atoms with van der Waals surface area (Å²) in [6.45, 7) is 3.56. The summed E-state index contributed by atoms with van der Waals surface area (Å²) in [6, 6.07) is 5.29. The van der Waals surface area contributed by atoms with Crippen LogP contribution < -0.4 is 5.32 Å². The highest BCUT2D eigenvalue weighted by atomic mass is 32.2. The van der Waals surface area contributed by atoms with E-state index in [0.29, 0.717) is 10.4 Å². The van der Waals surface area contributed by atoms with Gasteiger partial charge in [-0.3, -0.25) is 4.79 Å². The highest BCUT2D eigenvalue weighted by Crippen LogP contribution is 2.22. The molecule has 7 heteroatoms. The SMILES string of the molecule is Cc1ccsc1C(=O)NC(C)c1ccc(S(C)(=O)=O)c(F)c1. The predicted octanol–water partition coefficient (Wildman–Crippen LogP) is 3.09. The first kappa shape index (κ1) is 16.6. The van der Waals surface area contributed by atoms with Crippen molar-refractivity contribution in [3.8, 4) is 0 Å². The van der Waals surface area contributed by atoms with Gasteiger partial charge in [0.1, 0.15) is 10.7 Å². The fourth-order valence-corrected chi connectivity index (χ4v) is 3.59. The van der Waals surface area contributed by atoms with Gasteiger partial charge in [0, 0.05) is 6.26 Å². The number of nitrogens with one attached hydrogen (secondary N) is 1. The molecule has 1 atom stereocenters. The minimum Gasteiger partial charge on any atom is -0.345 e. The van der Waals surface area contributed by atoms with Crippen LogP contribution in [-0.2, 0) is 9.84 Å². The first-order valence-corrected chi connectivity index (χ1v) is 9.31. The summed E-state index contributed by atoms with van der Waals surface area (Å²) >= 11 is 1.34. The summed E-state index contributed by atoms with van der Waals surface area (Å²) < 4.78 is 36.7. The Morgan fingerprint density at radius 1 is 1.32 bits per heavy atom. The van der Waals surface area contributed by atoms with E-state index in [1.165, 1.54) is 23.5 Å². The number of benzene rings is 1. The molecule has 1 amide bonds. The van der Waals surface area contributed by atoms with Crippen molar-refractivity contribution in [1.82, 2.24) is 5.32 Å². The van der Waals surface area contributed by atoms with Crippen molar-refractivity contribution >= 4 is 27.1 Å². The Labute approximate surface area is 132 Å². The zero-order valence-electron chi connectivity index (χ0n) is 12.4. The van der Waals surface area contributed by atoms with E-state index in [-0.39, 0.29) is 10.8 Å². The molecule has 1 N–H and O–H groups in total. The van der Waals surface area contributed by atoms with Gasteiger partial charge in [-0.15, -0.1) is 11.3 Å². The lowest BCUT2D eigenvalue weighted by Gasteiger charge is -2.15. The molecular weight excluding hydrogens is 325 g/mol. The molecule has 118 valence electrons. The van der Waals surface area contributed by atoms with Crippen LogP contribution in [0.25, 0.3) is 0 Å². The lowest BCUT2D eigenvalue weighted by atomic mass is 10.1. The quantitative estimate of drug-likeness (QED) is 0.929. The topological polar surface area (TPSA) is 63.2 Å². The van der Waals surface area contributed by atoms with Gasteiger partial charge in [-0.1, -0.05) is 6.07 Å². The van der Waals surface area contributed by atoms with Crippen LogP contribution in [0.15, 0.2) is 34.5 Å². The van der Waals surface area contributed by atoms with Gasteiger partial charge in [-0.25, -0.2) is 12.8 Å². The molecule has 0 radical (unpaired) electrons. The van der Waals surface area contributed by atoms with Crippen molar-refractivity contribution in [3.63, 3.8) is 0 Å². The maximum Gasteiger partial charge on any atom is 0.262 e. The number of hydrogen-bond donors (Lipinski definition) is 1. The van der Waals surface area contributed by atoms with Crippen LogP contribution in [-0.4, -0.2) is 20.6 Å². The Balaban J connectivity index is 2.20. The van der Waals surface area contributed by atoms with Crippen molar-refractivity contribution in [3.05, 3.63) is 51.5 Å². The number of sulfone groups is 1. The highest BCUT2D eigenvalue weighted by Gasteiger charge is 2.18. The van der Waals surface area contributed by atoms with Gasteiger partial charge in [0.15, 0.2) is 9.84 Å². The van der Waals surface area contributed by atoms with E-state index in [1.54, 1.807) is 6.92 Å². The van der Waals surface area contributed by atoms with Crippen LogP contribution >= 0.6 is 11.3 Å². The van der Waals surface area contributed by atoms with Crippen molar-refractivity contribution in [1.29, 1.82) is 0 Å². The van der Waals surface area contributed by atoms with Gasteiger partial charge in [0.2, 0.25) is 0 Å². The Morgan fingerprint density at radius 3 is 2.50 bits per heavy atom. The van der Waals surface area contributed by atoms with Crippen molar-refractivity contribution < 1.29 is 17.6 Å². The average Bonchev–Trinajstić information content (AvgIpc) is 2.83. The molecule has 0 aliphatic heterocycles. The molecule has 0 bridgehead atoms. The second-order valence-corrected chi connectivity index (χ2v) is 7.99. The van der Waals surface area contributed by atoms with E-state index in [0.717, 1.165) is 17.9 Å². The summed E-state index contributed by atoms with van der Waals surface area (Å²) in [7, 11) is -3.60. The van der Waals surface area contributed by atoms with Gasteiger partial charge in [0.05, 0.1) is 10.9 Å². The number of aryl methyl sites for hydroxylation is 1. The second-order valence-electron chi connectivity index (χ2n) is 5.09. The van der Waals surface area contributed by atoms with E-state index in [1.807, 2.05) is 18.4 Å². The molecule has 2 aromatic rings. The molecule has 0 fully saturated rings. The highest BCUT2D eigenvalue weighted by molar-refractivity contribution is 7.90. The lowest BCUT2D eigenvalue weighted by Crippen LogP contribution is -2.26. The molecule has 1 aromatic carbocycles. The van der Waals surface area contributed by atoms with Gasteiger partial charge in [0.25, 0.3) is 5.91 Å². The third kappa shape index (κ3) is 3.53. The zero-order chi connectivity index (χ0) is 16.5. The van der Waals surface area contributed by atoms with E-state index in [2.05, 4.69) is 5.32 Å². The molecule has 0 saturated heterocycles. The summed E-state index contributed by atoms with van der Waals surface area (Å²) in [5.74, 6) is -1.04. The first-order chi connectivity index (χ1) is 10.2. The largest absolute Gasteiger partial charge is 0.345 e. The Hall–Kier alpha value is -1.73. The summed E-state index contributed by atoms with van der Waals surface area (Å²) in [5.41, 5.74) is 1.39. The van der Waals surface area contributed by atoms with Gasteiger partial charge in [-0.05, 0) is 48.6 Å². The molecule has 0 aliphatic rings. The smallest absolute Gasteiger partial charge is 0.262 e. The van der Waals surface area contributed by atoms with Gasteiger partial charge in [-0.2, -0.15) is 0 Å². The second kappa shape index (κ2) is 6.18. The molecule has 2 rings (SSSR count). The van der Waals surface area contributed by atoms with E-state index in [4.69, 9.17) is 0 Å². The lowest BCUT2D eigenvalue weighted by molar-refractivity contribution is 0.0943. The van der Waals surface area contributed by atoms with E-state index >= 15 is 0 Å². The van der Waals surface area contributed by atoms with Crippen LogP contribution in [0.1, 0.15) is 33.8 Å². The molecule has 4 nitrogen and oxygen atoms in total. The maximum atomic E-state index is 13.9. The fourth-order valence-electron chi connectivity index (χ4n) is 2.04. The third-order valence-corrected chi connectivity index (χ3v) is 5.42. The number of hydrogen-bond acceptors (Lipinski definition) is 4. The predicted molar refractivity (Wildman–Crippen MR) is 84.4 cm³/mol. The molecule has 0 aliphatic carbocycles. The number of thiophene rings is 1. The molecule has 1 unspecified atom stereocenters. The maximum absolute atomic E-state index is 13.9. The van der Waals surface area contributed by atoms with Crippen molar-refractivity contribution in [2.24, 2.45) is 0 Å². The van der Waals surface area contributed by atoms with Gasteiger partial charge < -0.3 is 5.32 Å². The Kier molecular flexibility index (Phi) is 4.67. The van der Waals surface area contributed by atoms with Crippen molar-refractivity contribution in [2.45, 2.75) is 24.8 Å². The standard InChI is InChI=1S/C15H16FNO3S2/c1-9-6-7-21-14(9)15(18)17-10(2)11-4-5-13(12(16)8-11)22(3,19)20/h4-8,10H,1-3H3,(H,17,18). The minimum atomic E-state index is -3.60. The van der Waals surface area contributed by atoms with Crippen LogP contribution in [0.4, 0.5) is 4.39 Å². The third-order valence-electron chi connectivity index (χ3n) is 3.27. The average molecular weight is 341 g/mol. The normalized spacial score (nSPS) is 12.9. The molecule has 22 heavy (non-hydrogen) atoms. The minimum absolute atomic E-state index is 0.229. The number of carbonyl (C=O) groups excluding carboxylic acids is 1.